The Bertz CT molecular complexity index is 370. The van der Waals surface area contributed by atoms with Gasteiger partial charge in [0.2, 0.25) is 0 Å². The number of aryl methyl sites for hydroxylation is 1. The second-order valence-corrected chi connectivity index (χ2v) is 4.92. The van der Waals surface area contributed by atoms with Gasteiger partial charge in [-0.25, -0.2) is 0 Å². The van der Waals surface area contributed by atoms with E-state index in [0.717, 1.165) is 24.9 Å². The van der Waals surface area contributed by atoms with Gasteiger partial charge >= 0.3 is 0 Å². The first-order valence-corrected chi connectivity index (χ1v) is 6.27. The summed E-state index contributed by atoms with van der Waals surface area (Å²) in [7, 11) is 0. The Hall–Kier alpha value is -1.12. The first-order chi connectivity index (χ1) is 7.70. The van der Waals surface area contributed by atoms with Crippen LogP contribution in [0.4, 0.5) is 0 Å². The van der Waals surface area contributed by atoms with Gasteiger partial charge in [0.1, 0.15) is 0 Å². The van der Waals surface area contributed by atoms with Crippen LogP contribution in [0.15, 0.2) is 12.4 Å². The molecule has 2 unspecified atom stereocenters. The number of carbonyl (C=O) groups excluding carboxylic acids is 1. The Kier molecular flexibility index (Phi) is 3.42. The number of aromatic nitrogens is 2. The van der Waals surface area contributed by atoms with Gasteiger partial charge in [-0.3, -0.25) is 9.48 Å². The number of carbonyl (C=O) groups is 1. The molecule has 2 rings (SSSR count). The zero-order valence-corrected chi connectivity index (χ0v) is 10.1. The van der Waals surface area contributed by atoms with Crippen LogP contribution < -0.4 is 0 Å². The summed E-state index contributed by atoms with van der Waals surface area (Å²) in [5, 5.41) is 4.17. The molecule has 0 saturated heterocycles. The molecule has 0 aromatic carbocycles. The van der Waals surface area contributed by atoms with Crippen LogP contribution in [0, 0.1) is 11.8 Å². The van der Waals surface area contributed by atoms with Crippen molar-refractivity contribution in [2.45, 2.75) is 46.1 Å². The molecule has 1 heterocycles. The van der Waals surface area contributed by atoms with E-state index in [0.29, 0.717) is 11.7 Å². The van der Waals surface area contributed by atoms with E-state index in [4.69, 9.17) is 0 Å². The average Bonchev–Trinajstić information content (AvgIpc) is 2.76. The molecule has 1 aromatic rings. The molecule has 88 valence electrons. The van der Waals surface area contributed by atoms with E-state index in [9.17, 15) is 4.79 Å². The van der Waals surface area contributed by atoms with Crippen LogP contribution in [0.25, 0.3) is 0 Å². The molecule has 0 radical (unpaired) electrons. The Morgan fingerprint density at radius 1 is 1.56 bits per heavy atom. The van der Waals surface area contributed by atoms with Gasteiger partial charge in [-0.15, -0.1) is 0 Å². The number of hydrogen-bond donors (Lipinski definition) is 0. The molecule has 0 amide bonds. The molecule has 16 heavy (non-hydrogen) atoms. The third kappa shape index (κ3) is 2.34. The summed E-state index contributed by atoms with van der Waals surface area (Å²) in [4.78, 5) is 12.2. The van der Waals surface area contributed by atoms with Gasteiger partial charge in [0.25, 0.3) is 0 Å². The largest absolute Gasteiger partial charge is 0.294 e. The van der Waals surface area contributed by atoms with Gasteiger partial charge in [0.05, 0.1) is 11.8 Å². The van der Waals surface area contributed by atoms with Gasteiger partial charge in [-0.2, -0.15) is 5.10 Å². The second kappa shape index (κ2) is 4.81. The molecular formula is C13H20N2O. The SMILES string of the molecule is CCn1cc(C(=O)C2CCCC(C)C2)cn1. The zero-order valence-electron chi connectivity index (χ0n) is 10.1. The Morgan fingerprint density at radius 2 is 2.38 bits per heavy atom. The fraction of sp³-hybridized carbons (Fsp3) is 0.692. The molecule has 1 fully saturated rings. The lowest BCUT2D eigenvalue weighted by Crippen LogP contribution is -2.21. The molecule has 3 nitrogen and oxygen atoms in total. The van der Waals surface area contributed by atoms with Crippen LogP contribution >= 0.6 is 0 Å². The summed E-state index contributed by atoms with van der Waals surface area (Å²) >= 11 is 0. The highest BCUT2D eigenvalue weighted by atomic mass is 16.1. The van der Waals surface area contributed by atoms with Crippen molar-refractivity contribution in [1.82, 2.24) is 9.78 Å². The molecule has 1 aromatic heterocycles. The van der Waals surface area contributed by atoms with Crippen molar-refractivity contribution < 1.29 is 4.79 Å². The topological polar surface area (TPSA) is 34.9 Å². The number of ketones is 1. The first kappa shape index (κ1) is 11.4. The van der Waals surface area contributed by atoms with E-state index in [1.807, 2.05) is 17.8 Å². The van der Waals surface area contributed by atoms with Crippen LogP contribution in [0.3, 0.4) is 0 Å². The fourth-order valence-corrected chi connectivity index (χ4v) is 2.57. The third-order valence-corrected chi connectivity index (χ3v) is 3.55. The molecule has 1 saturated carbocycles. The molecule has 0 spiro atoms. The molecule has 3 heteroatoms. The van der Waals surface area contributed by atoms with Crippen molar-refractivity contribution in [3.05, 3.63) is 18.0 Å². The molecule has 0 bridgehead atoms. The first-order valence-electron chi connectivity index (χ1n) is 6.27. The molecular weight excluding hydrogens is 200 g/mol. The summed E-state index contributed by atoms with van der Waals surface area (Å²) in [5.74, 6) is 1.23. The maximum Gasteiger partial charge on any atom is 0.169 e. The maximum atomic E-state index is 12.2. The Morgan fingerprint density at radius 3 is 3.00 bits per heavy atom. The van der Waals surface area contributed by atoms with Gasteiger partial charge < -0.3 is 0 Å². The van der Waals surface area contributed by atoms with E-state index < -0.39 is 0 Å². The molecule has 0 N–H and O–H groups in total. The number of nitrogens with zero attached hydrogens (tertiary/aromatic N) is 2. The lowest BCUT2D eigenvalue weighted by atomic mass is 9.79. The number of rotatable bonds is 3. The van der Waals surface area contributed by atoms with Gasteiger partial charge in [-0.1, -0.05) is 19.8 Å². The van der Waals surface area contributed by atoms with Gasteiger partial charge in [0.15, 0.2) is 5.78 Å². The Labute approximate surface area is 96.8 Å². The molecule has 1 aliphatic rings. The third-order valence-electron chi connectivity index (χ3n) is 3.55. The number of hydrogen-bond acceptors (Lipinski definition) is 2. The standard InChI is InChI=1S/C13H20N2O/c1-3-15-9-12(8-14-15)13(16)11-6-4-5-10(2)7-11/h8-11H,3-7H2,1-2H3. The van der Waals surface area contributed by atoms with Crippen LogP contribution in [0.5, 0.6) is 0 Å². The lowest BCUT2D eigenvalue weighted by molar-refractivity contribution is 0.0868. The summed E-state index contributed by atoms with van der Waals surface area (Å²) in [6.45, 7) is 5.10. The van der Waals surface area contributed by atoms with E-state index in [2.05, 4.69) is 12.0 Å². The minimum atomic E-state index is 0.234. The Balaban J connectivity index is 2.06. The second-order valence-electron chi connectivity index (χ2n) is 4.92. The van der Waals surface area contributed by atoms with Crippen LogP contribution in [-0.2, 0) is 6.54 Å². The van der Waals surface area contributed by atoms with Crippen molar-refractivity contribution in [2.24, 2.45) is 11.8 Å². The van der Waals surface area contributed by atoms with E-state index >= 15 is 0 Å². The van der Waals surface area contributed by atoms with Gasteiger partial charge in [0, 0.05) is 18.7 Å². The monoisotopic (exact) mass is 220 g/mol. The summed E-state index contributed by atoms with van der Waals surface area (Å²) in [6.07, 6.45) is 8.17. The van der Waals surface area contributed by atoms with Crippen molar-refractivity contribution in [3.8, 4) is 0 Å². The lowest BCUT2D eigenvalue weighted by Gasteiger charge is -2.25. The smallest absolute Gasteiger partial charge is 0.169 e. The van der Waals surface area contributed by atoms with Crippen LogP contribution in [-0.4, -0.2) is 15.6 Å². The van der Waals surface area contributed by atoms with Crippen molar-refractivity contribution in [2.75, 3.05) is 0 Å². The average molecular weight is 220 g/mol. The van der Waals surface area contributed by atoms with Crippen molar-refractivity contribution in [3.63, 3.8) is 0 Å². The molecule has 2 atom stereocenters. The summed E-state index contributed by atoms with van der Waals surface area (Å²) in [5.41, 5.74) is 0.793. The summed E-state index contributed by atoms with van der Waals surface area (Å²) < 4.78 is 1.82. The highest BCUT2D eigenvalue weighted by Gasteiger charge is 2.26. The van der Waals surface area contributed by atoms with Crippen molar-refractivity contribution in [1.29, 1.82) is 0 Å². The summed E-state index contributed by atoms with van der Waals surface area (Å²) in [6, 6.07) is 0. The highest BCUT2D eigenvalue weighted by Crippen LogP contribution is 2.30. The predicted molar refractivity (Wildman–Crippen MR) is 63.4 cm³/mol. The predicted octanol–water partition coefficient (Wildman–Crippen LogP) is 2.91. The normalized spacial score (nSPS) is 25.6. The molecule has 0 aliphatic heterocycles. The minimum absolute atomic E-state index is 0.234. The van der Waals surface area contributed by atoms with Crippen molar-refractivity contribution >= 4 is 5.78 Å². The fourth-order valence-electron chi connectivity index (χ4n) is 2.57. The quantitative estimate of drug-likeness (QED) is 0.734. The van der Waals surface area contributed by atoms with E-state index in [-0.39, 0.29) is 5.92 Å². The maximum absolute atomic E-state index is 12.2. The van der Waals surface area contributed by atoms with E-state index in [1.54, 1.807) is 6.20 Å². The van der Waals surface area contributed by atoms with Gasteiger partial charge in [-0.05, 0) is 25.7 Å². The molecule has 1 aliphatic carbocycles. The van der Waals surface area contributed by atoms with Crippen LogP contribution in [0.1, 0.15) is 49.9 Å². The highest BCUT2D eigenvalue weighted by molar-refractivity contribution is 5.97. The van der Waals surface area contributed by atoms with Crippen LogP contribution in [0.2, 0.25) is 0 Å². The number of Topliss-reactive ketones (excluding diaryl/α,β-unsaturated/α-hetero) is 1. The zero-order chi connectivity index (χ0) is 11.5. The minimum Gasteiger partial charge on any atom is -0.294 e. The van der Waals surface area contributed by atoms with E-state index in [1.165, 1.54) is 12.8 Å².